The Bertz CT molecular complexity index is 749. The third-order valence-corrected chi connectivity index (χ3v) is 4.40. The highest BCUT2D eigenvalue weighted by Crippen LogP contribution is 2.37. The Morgan fingerprint density at radius 2 is 1.74 bits per heavy atom. The smallest absolute Gasteiger partial charge is 0.165 e. The van der Waals surface area contributed by atoms with Crippen molar-refractivity contribution in [3.05, 3.63) is 59.7 Å². The van der Waals surface area contributed by atoms with Gasteiger partial charge in [-0.1, -0.05) is 42.5 Å². The van der Waals surface area contributed by atoms with Gasteiger partial charge in [-0.3, -0.25) is 9.91 Å². The maximum Gasteiger partial charge on any atom is 0.165 e. The zero-order valence-corrected chi connectivity index (χ0v) is 16.4. The van der Waals surface area contributed by atoms with Crippen LogP contribution in [0.15, 0.2) is 53.6 Å². The highest BCUT2D eigenvalue weighted by atomic mass is 16.5. The summed E-state index contributed by atoms with van der Waals surface area (Å²) in [6.45, 7) is 0.580. The van der Waals surface area contributed by atoms with Crippen LogP contribution in [-0.4, -0.2) is 50.6 Å². The first-order valence-corrected chi connectivity index (χ1v) is 8.74. The Labute approximate surface area is 161 Å². The van der Waals surface area contributed by atoms with Crippen LogP contribution in [0.5, 0.6) is 11.5 Å². The first-order valence-electron chi connectivity index (χ1n) is 8.74. The van der Waals surface area contributed by atoms with Crippen LogP contribution in [0, 0.1) is 0 Å². The highest BCUT2D eigenvalue weighted by Gasteiger charge is 2.28. The highest BCUT2D eigenvalue weighted by molar-refractivity contribution is 5.89. The molecule has 0 aromatic heterocycles. The molecular formula is C20H29N5O2. The van der Waals surface area contributed by atoms with E-state index in [0.717, 1.165) is 12.0 Å². The van der Waals surface area contributed by atoms with Crippen molar-refractivity contribution < 1.29 is 9.47 Å². The average molecular weight is 371 g/mol. The second-order valence-corrected chi connectivity index (χ2v) is 6.37. The van der Waals surface area contributed by atoms with E-state index >= 15 is 0 Å². The number of likely N-dealkylation sites (N-methyl/N-ethyl adjacent to an activating group) is 1. The van der Waals surface area contributed by atoms with Gasteiger partial charge in [0.25, 0.3) is 0 Å². The molecule has 0 aliphatic heterocycles. The van der Waals surface area contributed by atoms with Crippen molar-refractivity contribution >= 4 is 5.84 Å². The molecule has 0 saturated heterocycles. The van der Waals surface area contributed by atoms with Gasteiger partial charge in [-0.15, -0.1) is 0 Å². The molecule has 1 atom stereocenters. The molecule has 4 N–H and O–H groups in total. The van der Waals surface area contributed by atoms with Gasteiger partial charge in [-0.05, 0) is 32.1 Å². The van der Waals surface area contributed by atoms with E-state index in [9.17, 15) is 0 Å². The molecule has 2 rings (SSSR count). The fraction of sp³-hybridized carbons (Fsp3) is 0.350. The van der Waals surface area contributed by atoms with Crippen molar-refractivity contribution in [1.29, 1.82) is 0 Å². The number of benzene rings is 2. The number of amidine groups is 1. The third-order valence-electron chi connectivity index (χ3n) is 4.40. The summed E-state index contributed by atoms with van der Waals surface area (Å²) in [6.07, 6.45) is 0.783. The summed E-state index contributed by atoms with van der Waals surface area (Å²) >= 11 is 0. The van der Waals surface area contributed by atoms with E-state index < -0.39 is 0 Å². The molecule has 0 spiro atoms. The topological polar surface area (TPSA) is 89.3 Å². The van der Waals surface area contributed by atoms with Gasteiger partial charge in [0.1, 0.15) is 0 Å². The molecule has 2 aromatic rings. The standard InChI is InChI=1S/C20H29N5O2/c1-24(2)18(16-11-8-12-17(26-3)19(16)27-4)20(23-21)25(22)14-13-15-9-6-5-7-10-15/h5-12,18H,13-14,21-22H2,1-4H3/b23-20-. The fourth-order valence-electron chi connectivity index (χ4n) is 3.09. The molecule has 0 aliphatic rings. The van der Waals surface area contributed by atoms with Crippen molar-refractivity contribution in [3.63, 3.8) is 0 Å². The summed E-state index contributed by atoms with van der Waals surface area (Å²) in [5.74, 6) is 13.9. The van der Waals surface area contributed by atoms with E-state index in [1.54, 1.807) is 19.2 Å². The van der Waals surface area contributed by atoms with Crippen LogP contribution in [0.4, 0.5) is 0 Å². The summed E-state index contributed by atoms with van der Waals surface area (Å²) in [6, 6.07) is 15.6. The van der Waals surface area contributed by atoms with Crippen LogP contribution in [0.3, 0.4) is 0 Å². The fourth-order valence-corrected chi connectivity index (χ4v) is 3.09. The number of rotatable bonds is 8. The second-order valence-electron chi connectivity index (χ2n) is 6.37. The van der Waals surface area contributed by atoms with Crippen molar-refractivity contribution in [2.45, 2.75) is 12.5 Å². The molecule has 1 unspecified atom stereocenters. The predicted octanol–water partition coefficient (Wildman–Crippen LogP) is 2.00. The molecule has 2 aromatic carbocycles. The predicted molar refractivity (Wildman–Crippen MR) is 109 cm³/mol. The van der Waals surface area contributed by atoms with Crippen molar-refractivity contribution in [1.82, 2.24) is 9.91 Å². The van der Waals surface area contributed by atoms with Gasteiger partial charge in [0.05, 0.1) is 20.3 Å². The van der Waals surface area contributed by atoms with Crippen LogP contribution in [0.2, 0.25) is 0 Å². The Morgan fingerprint density at radius 3 is 2.30 bits per heavy atom. The number of hydrogen-bond donors (Lipinski definition) is 2. The second kappa shape index (κ2) is 9.80. The summed E-state index contributed by atoms with van der Waals surface area (Å²) in [5, 5.41) is 5.60. The molecule has 0 fully saturated rings. The number of methoxy groups -OCH3 is 2. The van der Waals surface area contributed by atoms with E-state index in [4.69, 9.17) is 21.2 Å². The number of ether oxygens (including phenoxy) is 2. The maximum atomic E-state index is 6.34. The molecular weight excluding hydrogens is 342 g/mol. The van der Waals surface area contributed by atoms with Crippen molar-refractivity contribution in [2.24, 2.45) is 16.8 Å². The number of nitrogens with two attached hydrogens (primary N) is 2. The van der Waals surface area contributed by atoms with Gasteiger partial charge >= 0.3 is 0 Å². The summed E-state index contributed by atoms with van der Waals surface area (Å²) in [5.41, 5.74) is 2.07. The first-order chi connectivity index (χ1) is 13.0. The van der Waals surface area contributed by atoms with Crippen LogP contribution < -0.4 is 21.2 Å². The summed E-state index contributed by atoms with van der Waals surface area (Å²) < 4.78 is 11.0. The van der Waals surface area contributed by atoms with Gasteiger partial charge in [0.2, 0.25) is 0 Å². The molecule has 7 nitrogen and oxygen atoms in total. The molecule has 0 aliphatic carbocycles. The number of hydrazine groups is 1. The van der Waals surface area contributed by atoms with Crippen molar-refractivity contribution in [2.75, 3.05) is 34.9 Å². The molecule has 27 heavy (non-hydrogen) atoms. The Morgan fingerprint density at radius 1 is 1.04 bits per heavy atom. The zero-order valence-electron chi connectivity index (χ0n) is 16.4. The minimum atomic E-state index is -0.291. The minimum Gasteiger partial charge on any atom is -0.493 e. The molecule has 0 bridgehead atoms. The molecule has 0 amide bonds. The maximum absolute atomic E-state index is 6.34. The number of para-hydroxylation sites is 1. The number of nitrogens with zero attached hydrogens (tertiary/aromatic N) is 3. The van der Waals surface area contributed by atoms with Crippen LogP contribution in [-0.2, 0) is 6.42 Å². The Kier molecular flexibility index (Phi) is 7.45. The Balaban J connectivity index is 2.31. The third kappa shape index (κ3) is 4.90. The van der Waals surface area contributed by atoms with E-state index in [1.807, 2.05) is 55.4 Å². The lowest BCUT2D eigenvalue weighted by atomic mass is 10.0. The lowest BCUT2D eigenvalue weighted by Gasteiger charge is -2.32. The number of hydrogen-bond acceptors (Lipinski definition) is 6. The van der Waals surface area contributed by atoms with Crippen molar-refractivity contribution in [3.8, 4) is 11.5 Å². The van der Waals surface area contributed by atoms with Gasteiger partial charge in [0.15, 0.2) is 17.3 Å². The molecule has 0 heterocycles. The van der Waals surface area contributed by atoms with E-state index in [2.05, 4.69) is 17.2 Å². The molecule has 0 radical (unpaired) electrons. The minimum absolute atomic E-state index is 0.291. The molecule has 7 heteroatoms. The summed E-state index contributed by atoms with van der Waals surface area (Å²) in [7, 11) is 7.11. The van der Waals surface area contributed by atoms with Crippen LogP contribution >= 0.6 is 0 Å². The quantitative estimate of drug-likeness (QED) is 0.319. The SMILES string of the molecule is COc1cccc(C(/C(=N/N)N(N)CCc2ccccc2)N(C)C)c1OC. The monoisotopic (exact) mass is 371 g/mol. The molecule has 146 valence electrons. The van der Waals surface area contributed by atoms with Crippen LogP contribution in [0.25, 0.3) is 0 Å². The summed E-state index contributed by atoms with van der Waals surface area (Å²) in [4.78, 5) is 1.99. The first kappa shape index (κ1) is 20.5. The molecule has 0 saturated carbocycles. The van der Waals surface area contributed by atoms with Gasteiger partial charge in [0, 0.05) is 12.1 Å². The van der Waals surface area contributed by atoms with Gasteiger partial charge in [-0.2, -0.15) is 5.10 Å². The Hall–Kier alpha value is -2.77. The van der Waals surface area contributed by atoms with Crippen LogP contribution in [0.1, 0.15) is 17.2 Å². The largest absolute Gasteiger partial charge is 0.493 e. The van der Waals surface area contributed by atoms with E-state index in [-0.39, 0.29) is 6.04 Å². The normalized spacial score (nSPS) is 12.7. The zero-order chi connectivity index (χ0) is 19.8. The lowest BCUT2D eigenvalue weighted by molar-refractivity contribution is 0.306. The average Bonchev–Trinajstić information content (AvgIpc) is 2.69. The lowest BCUT2D eigenvalue weighted by Crippen LogP contribution is -2.46. The van der Waals surface area contributed by atoms with E-state index in [0.29, 0.717) is 23.9 Å². The van der Waals surface area contributed by atoms with E-state index in [1.165, 1.54) is 5.56 Å². The van der Waals surface area contributed by atoms with Gasteiger partial charge in [-0.25, -0.2) is 5.84 Å². The number of hydrazone groups is 1. The van der Waals surface area contributed by atoms with Gasteiger partial charge < -0.3 is 15.3 Å².